The molecule has 0 spiro atoms. The van der Waals surface area contributed by atoms with Crippen molar-refractivity contribution in [3.63, 3.8) is 0 Å². The molecular formula is C31H24Cl2N2O2. The van der Waals surface area contributed by atoms with Gasteiger partial charge in [0.1, 0.15) is 0 Å². The van der Waals surface area contributed by atoms with Crippen molar-refractivity contribution >= 4 is 58.5 Å². The highest BCUT2D eigenvalue weighted by atomic mass is 35.5. The monoisotopic (exact) mass is 526 g/mol. The van der Waals surface area contributed by atoms with E-state index in [9.17, 15) is 9.59 Å². The van der Waals surface area contributed by atoms with Gasteiger partial charge in [-0.1, -0.05) is 71.7 Å². The summed E-state index contributed by atoms with van der Waals surface area (Å²) in [6.45, 7) is 0. The molecule has 0 heterocycles. The van der Waals surface area contributed by atoms with Gasteiger partial charge in [0.15, 0.2) is 0 Å². The molecule has 0 aromatic heterocycles. The molecule has 0 radical (unpaired) electrons. The highest BCUT2D eigenvalue weighted by Gasteiger charge is 2.02. The van der Waals surface area contributed by atoms with E-state index in [1.54, 1.807) is 36.4 Å². The highest BCUT2D eigenvalue weighted by Crippen LogP contribution is 2.17. The Bertz CT molecular complexity index is 1300. The van der Waals surface area contributed by atoms with E-state index in [0.29, 0.717) is 10.0 Å². The fraction of sp³-hybridized carbons (Fsp3) is 0.0323. The molecule has 6 heteroatoms. The van der Waals surface area contributed by atoms with Gasteiger partial charge in [0.25, 0.3) is 0 Å². The molecule has 184 valence electrons. The highest BCUT2D eigenvalue weighted by molar-refractivity contribution is 6.30. The average Bonchev–Trinajstić information content (AvgIpc) is 2.90. The van der Waals surface area contributed by atoms with Crippen molar-refractivity contribution in [1.29, 1.82) is 0 Å². The van der Waals surface area contributed by atoms with E-state index in [4.69, 9.17) is 23.2 Å². The molecule has 4 aromatic rings. The predicted octanol–water partition coefficient (Wildman–Crippen LogP) is 7.89. The molecular weight excluding hydrogens is 503 g/mol. The number of hydrogen-bond acceptors (Lipinski definition) is 2. The summed E-state index contributed by atoms with van der Waals surface area (Å²) in [6, 6.07) is 30.0. The van der Waals surface area contributed by atoms with Crippen LogP contribution in [0.5, 0.6) is 0 Å². The fourth-order valence-electron chi connectivity index (χ4n) is 3.51. The Kier molecular flexibility index (Phi) is 8.93. The minimum absolute atomic E-state index is 0.205. The maximum absolute atomic E-state index is 12.2. The van der Waals surface area contributed by atoms with Crippen LogP contribution in [0.3, 0.4) is 0 Å². The van der Waals surface area contributed by atoms with Crippen molar-refractivity contribution in [2.45, 2.75) is 6.42 Å². The Hall–Kier alpha value is -4.12. The molecule has 0 bridgehead atoms. The minimum Gasteiger partial charge on any atom is -0.323 e. The molecule has 0 aliphatic heterocycles. The summed E-state index contributed by atoms with van der Waals surface area (Å²) in [5, 5.41) is 7.03. The Morgan fingerprint density at radius 2 is 0.892 bits per heavy atom. The first-order valence-electron chi connectivity index (χ1n) is 11.6. The molecule has 37 heavy (non-hydrogen) atoms. The van der Waals surface area contributed by atoms with Gasteiger partial charge in [0.05, 0.1) is 0 Å². The Balaban J connectivity index is 1.26. The van der Waals surface area contributed by atoms with Gasteiger partial charge in [0, 0.05) is 33.6 Å². The molecule has 0 saturated heterocycles. The zero-order chi connectivity index (χ0) is 26.0. The van der Waals surface area contributed by atoms with Crippen molar-refractivity contribution in [3.05, 3.63) is 142 Å². The van der Waals surface area contributed by atoms with Crippen LogP contribution in [-0.2, 0) is 16.0 Å². The molecule has 4 rings (SSSR count). The van der Waals surface area contributed by atoms with Crippen molar-refractivity contribution in [3.8, 4) is 0 Å². The first kappa shape index (κ1) is 26.0. The standard InChI is InChI=1S/C31H24Cl2N2O2/c32-26-11-1-22(2-12-26)9-19-30(36)34-28-15-5-24(6-16-28)21-25-7-17-29(18-8-25)35-31(37)20-10-23-3-13-27(33)14-4-23/h1-20H,21H2,(H,34,36)(H,35,37). The van der Waals surface area contributed by atoms with Gasteiger partial charge in [-0.25, -0.2) is 0 Å². The molecule has 0 saturated carbocycles. The third kappa shape index (κ3) is 8.50. The summed E-state index contributed by atoms with van der Waals surface area (Å²) in [5.41, 5.74) is 5.46. The van der Waals surface area contributed by atoms with Crippen molar-refractivity contribution < 1.29 is 9.59 Å². The second-order valence-electron chi connectivity index (χ2n) is 8.32. The molecule has 0 aliphatic carbocycles. The van der Waals surface area contributed by atoms with Crippen molar-refractivity contribution in [1.82, 2.24) is 0 Å². The van der Waals surface area contributed by atoms with Crippen LogP contribution in [-0.4, -0.2) is 11.8 Å². The van der Waals surface area contributed by atoms with E-state index in [0.717, 1.165) is 40.0 Å². The third-order valence-corrected chi connectivity index (χ3v) is 5.95. The number of hydrogen-bond donors (Lipinski definition) is 2. The van der Waals surface area contributed by atoms with Gasteiger partial charge in [0.2, 0.25) is 11.8 Å². The van der Waals surface area contributed by atoms with Crippen LogP contribution in [0, 0.1) is 0 Å². The second-order valence-corrected chi connectivity index (χ2v) is 9.19. The summed E-state index contributed by atoms with van der Waals surface area (Å²) in [4.78, 5) is 24.4. The van der Waals surface area contributed by atoms with Crippen molar-refractivity contribution in [2.75, 3.05) is 10.6 Å². The maximum Gasteiger partial charge on any atom is 0.248 e. The quantitative estimate of drug-likeness (QED) is 0.229. The number of benzene rings is 4. The number of anilines is 2. The molecule has 0 fully saturated rings. The molecule has 2 N–H and O–H groups in total. The predicted molar refractivity (Wildman–Crippen MR) is 154 cm³/mol. The normalized spacial score (nSPS) is 11.1. The molecule has 4 nitrogen and oxygen atoms in total. The smallest absolute Gasteiger partial charge is 0.248 e. The zero-order valence-corrected chi connectivity index (χ0v) is 21.3. The lowest BCUT2D eigenvalue weighted by Crippen LogP contribution is -2.08. The number of carbonyl (C=O) groups is 2. The van der Waals surface area contributed by atoms with E-state index in [-0.39, 0.29) is 11.8 Å². The lowest BCUT2D eigenvalue weighted by molar-refractivity contribution is -0.112. The Labute approximate surface area is 226 Å². The SMILES string of the molecule is O=C(C=Cc1ccc(Cl)cc1)Nc1ccc(Cc2ccc(NC(=O)C=Cc3ccc(Cl)cc3)cc2)cc1. The largest absolute Gasteiger partial charge is 0.323 e. The summed E-state index contributed by atoms with van der Waals surface area (Å²) < 4.78 is 0. The van der Waals surface area contributed by atoms with Gasteiger partial charge >= 0.3 is 0 Å². The molecule has 4 aromatic carbocycles. The van der Waals surface area contributed by atoms with Crippen LogP contribution < -0.4 is 10.6 Å². The van der Waals surface area contributed by atoms with Crippen LogP contribution in [0.15, 0.2) is 109 Å². The minimum atomic E-state index is -0.205. The summed E-state index contributed by atoms with van der Waals surface area (Å²) in [7, 11) is 0. The lowest BCUT2D eigenvalue weighted by atomic mass is 10.0. The maximum atomic E-state index is 12.2. The molecule has 0 atom stereocenters. The van der Waals surface area contributed by atoms with Crippen LogP contribution in [0.25, 0.3) is 12.2 Å². The van der Waals surface area contributed by atoms with Crippen LogP contribution in [0.1, 0.15) is 22.3 Å². The van der Waals surface area contributed by atoms with Gasteiger partial charge in [-0.2, -0.15) is 0 Å². The molecule has 0 unspecified atom stereocenters. The van der Waals surface area contributed by atoms with Crippen molar-refractivity contribution in [2.24, 2.45) is 0 Å². The first-order chi connectivity index (χ1) is 17.9. The van der Waals surface area contributed by atoms with Gasteiger partial charge in [-0.3, -0.25) is 9.59 Å². The van der Waals surface area contributed by atoms with Crippen LogP contribution >= 0.6 is 23.2 Å². The second kappa shape index (κ2) is 12.7. The summed E-state index contributed by atoms with van der Waals surface area (Å²) in [5.74, 6) is -0.410. The first-order valence-corrected chi connectivity index (χ1v) is 12.4. The number of halogens is 2. The third-order valence-electron chi connectivity index (χ3n) is 5.45. The summed E-state index contributed by atoms with van der Waals surface area (Å²) in [6.07, 6.45) is 7.19. The van der Waals surface area contributed by atoms with E-state index in [2.05, 4.69) is 10.6 Å². The zero-order valence-electron chi connectivity index (χ0n) is 19.8. The topological polar surface area (TPSA) is 58.2 Å². The van der Waals surface area contributed by atoms with E-state index >= 15 is 0 Å². The van der Waals surface area contributed by atoms with Gasteiger partial charge < -0.3 is 10.6 Å². The van der Waals surface area contributed by atoms with E-state index in [1.165, 1.54) is 12.2 Å². The Morgan fingerprint density at radius 1 is 0.541 bits per heavy atom. The number of carbonyl (C=O) groups excluding carboxylic acids is 2. The molecule has 2 amide bonds. The molecule has 0 aliphatic rings. The van der Waals surface area contributed by atoms with E-state index in [1.807, 2.05) is 72.8 Å². The van der Waals surface area contributed by atoms with Gasteiger partial charge in [-0.15, -0.1) is 0 Å². The summed E-state index contributed by atoms with van der Waals surface area (Å²) >= 11 is 11.8. The lowest BCUT2D eigenvalue weighted by Gasteiger charge is -2.07. The van der Waals surface area contributed by atoms with Crippen LogP contribution in [0.4, 0.5) is 11.4 Å². The fourth-order valence-corrected chi connectivity index (χ4v) is 3.76. The number of rotatable bonds is 8. The van der Waals surface area contributed by atoms with Gasteiger partial charge in [-0.05, 0) is 89.4 Å². The number of nitrogens with one attached hydrogen (secondary N) is 2. The van der Waals surface area contributed by atoms with Crippen LogP contribution in [0.2, 0.25) is 10.0 Å². The average molecular weight is 527 g/mol. The van der Waals surface area contributed by atoms with E-state index < -0.39 is 0 Å². The number of amides is 2. The Morgan fingerprint density at radius 3 is 1.24 bits per heavy atom.